The molecule has 2 unspecified atom stereocenters. The van der Waals surface area contributed by atoms with E-state index >= 15 is 0 Å². The standard InChI is InChI=1S/C14H19N3O4/c1-9-4-5-12(17(19)20)6-13(9)15-14(18)16-7-10(2)21-11(3)8-16/h4-6,10-11H,7-8H2,1-3H3,(H,15,18). The normalized spacial score (nSPS) is 22.0. The van der Waals surface area contributed by atoms with Crippen LogP contribution in [0.15, 0.2) is 18.2 Å². The summed E-state index contributed by atoms with van der Waals surface area (Å²) < 4.78 is 5.58. The van der Waals surface area contributed by atoms with Crippen LogP contribution in [0.1, 0.15) is 19.4 Å². The second kappa shape index (κ2) is 6.09. The second-order valence-electron chi connectivity index (χ2n) is 5.35. The van der Waals surface area contributed by atoms with Gasteiger partial charge in [0.25, 0.3) is 5.69 Å². The minimum atomic E-state index is -0.478. The van der Waals surface area contributed by atoms with Crippen LogP contribution in [-0.2, 0) is 4.74 Å². The highest BCUT2D eigenvalue weighted by Gasteiger charge is 2.26. The summed E-state index contributed by atoms with van der Waals surface area (Å²) in [4.78, 5) is 24.3. The first-order chi connectivity index (χ1) is 9.86. The average Bonchev–Trinajstić information content (AvgIpc) is 2.39. The summed E-state index contributed by atoms with van der Waals surface area (Å²) in [5.74, 6) is 0. The number of urea groups is 1. The van der Waals surface area contributed by atoms with Gasteiger partial charge in [-0.3, -0.25) is 10.1 Å². The molecule has 2 rings (SSSR count). The highest BCUT2D eigenvalue weighted by Crippen LogP contribution is 2.22. The van der Waals surface area contributed by atoms with Crippen molar-refractivity contribution in [2.45, 2.75) is 33.0 Å². The Morgan fingerprint density at radius 1 is 1.38 bits per heavy atom. The van der Waals surface area contributed by atoms with Gasteiger partial charge in [0.2, 0.25) is 0 Å². The summed E-state index contributed by atoms with van der Waals surface area (Å²) in [6.45, 7) is 6.63. The predicted octanol–water partition coefficient (Wildman–Crippen LogP) is 2.54. The van der Waals surface area contributed by atoms with E-state index in [0.717, 1.165) is 5.56 Å². The Labute approximate surface area is 123 Å². The number of carbonyl (C=O) groups excluding carboxylic acids is 1. The lowest BCUT2D eigenvalue weighted by molar-refractivity contribution is -0.384. The van der Waals surface area contributed by atoms with Crippen LogP contribution in [0.3, 0.4) is 0 Å². The molecule has 7 heteroatoms. The average molecular weight is 293 g/mol. The van der Waals surface area contributed by atoms with Crippen molar-refractivity contribution >= 4 is 17.4 Å². The third kappa shape index (κ3) is 3.69. The van der Waals surface area contributed by atoms with E-state index in [2.05, 4.69) is 5.32 Å². The van der Waals surface area contributed by atoms with Gasteiger partial charge < -0.3 is 15.0 Å². The van der Waals surface area contributed by atoms with Crippen molar-refractivity contribution in [1.82, 2.24) is 4.90 Å². The van der Waals surface area contributed by atoms with Crippen LogP contribution in [0.2, 0.25) is 0 Å². The number of benzene rings is 1. The number of morpholine rings is 1. The molecule has 1 N–H and O–H groups in total. The number of nitrogens with zero attached hydrogens (tertiary/aromatic N) is 2. The maximum Gasteiger partial charge on any atom is 0.322 e. The van der Waals surface area contributed by atoms with Gasteiger partial charge in [-0.2, -0.15) is 0 Å². The number of ether oxygens (including phenoxy) is 1. The molecular formula is C14H19N3O4. The Balaban J connectivity index is 2.12. The van der Waals surface area contributed by atoms with Crippen LogP contribution < -0.4 is 5.32 Å². The quantitative estimate of drug-likeness (QED) is 0.670. The van der Waals surface area contributed by atoms with Crippen LogP contribution >= 0.6 is 0 Å². The maximum absolute atomic E-state index is 12.3. The highest BCUT2D eigenvalue weighted by molar-refractivity contribution is 5.90. The Hall–Kier alpha value is -2.15. The van der Waals surface area contributed by atoms with Gasteiger partial charge in [0, 0.05) is 25.2 Å². The molecule has 0 aromatic heterocycles. The summed E-state index contributed by atoms with van der Waals surface area (Å²) in [6.07, 6.45) is -0.0450. The molecule has 1 aliphatic rings. The zero-order valence-electron chi connectivity index (χ0n) is 12.3. The largest absolute Gasteiger partial charge is 0.372 e. The number of aryl methyl sites for hydroxylation is 1. The van der Waals surface area contributed by atoms with Crippen molar-refractivity contribution in [3.8, 4) is 0 Å². The molecule has 0 bridgehead atoms. The van der Waals surface area contributed by atoms with Crippen LogP contribution in [0.4, 0.5) is 16.2 Å². The van der Waals surface area contributed by atoms with E-state index in [1.807, 2.05) is 13.8 Å². The monoisotopic (exact) mass is 293 g/mol. The Morgan fingerprint density at radius 2 is 2.00 bits per heavy atom. The molecule has 1 aromatic carbocycles. The fourth-order valence-electron chi connectivity index (χ4n) is 2.40. The third-order valence-electron chi connectivity index (χ3n) is 3.38. The first-order valence-electron chi connectivity index (χ1n) is 6.83. The number of hydrogen-bond donors (Lipinski definition) is 1. The highest BCUT2D eigenvalue weighted by atomic mass is 16.6. The maximum atomic E-state index is 12.3. The van der Waals surface area contributed by atoms with E-state index in [1.54, 1.807) is 17.9 Å². The number of carbonyl (C=O) groups is 1. The molecule has 1 aliphatic heterocycles. The van der Waals surface area contributed by atoms with Gasteiger partial charge in [0.15, 0.2) is 0 Å². The number of amides is 2. The zero-order valence-corrected chi connectivity index (χ0v) is 12.3. The molecule has 1 aromatic rings. The lowest BCUT2D eigenvalue weighted by Gasteiger charge is -2.35. The molecule has 0 spiro atoms. The molecule has 0 saturated carbocycles. The Bertz CT molecular complexity index is 551. The summed E-state index contributed by atoms with van der Waals surface area (Å²) in [7, 11) is 0. The number of rotatable bonds is 2. The van der Waals surface area contributed by atoms with Gasteiger partial charge in [-0.25, -0.2) is 4.79 Å². The number of hydrogen-bond acceptors (Lipinski definition) is 4. The van der Waals surface area contributed by atoms with Crippen molar-refractivity contribution in [3.05, 3.63) is 33.9 Å². The smallest absolute Gasteiger partial charge is 0.322 e. The van der Waals surface area contributed by atoms with Crippen molar-refractivity contribution in [1.29, 1.82) is 0 Å². The Kier molecular flexibility index (Phi) is 4.42. The molecular weight excluding hydrogens is 274 g/mol. The number of nitrogens with one attached hydrogen (secondary N) is 1. The number of nitro groups is 1. The third-order valence-corrected chi connectivity index (χ3v) is 3.38. The van der Waals surface area contributed by atoms with Gasteiger partial charge >= 0.3 is 6.03 Å². The van der Waals surface area contributed by atoms with Crippen LogP contribution in [0, 0.1) is 17.0 Å². The summed E-state index contributed by atoms with van der Waals surface area (Å²) in [6, 6.07) is 4.16. The van der Waals surface area contributed by atoms with E-state index in [4.69, 9.17) is 4.74 Å². The van der Waals surface area contributed by atoms with E-state index in [9.17, 15) is 14.9 Å². The van der Waals surface area contributed by atoms with Crippen molar-refractivity contribution < 1.29 is 14.5 Å². The Morgan fingerprint density at radius 3 is 2.57 bits per heavy atom. The molecule has 21 heavy (non-hydrogen) atoms. The van der Waals surface area contributed by atoms with Gasteiger partial charge in [0.05, 0.1) is 22.8 Å². The summed E-state index contributed by atoms with van der Waals surface area (Å²) >= 11 is 0. The molecule has 1 fully saturated rings. The molecule has 0 radical (unpaired) electrons. The second-order valence-corrected chi connectivity index (χ2v) is 5.35. The van der Waals surface area contributed by atoms with E-state index < -0.39 is 4.92 Å². The first-order valence-corrected chi connectivity index (χ1v) is 6.83. The lowest BCUT2D eigenvalue weighted by atomic mass is 10.2. The van der Waals surface area contributed by atoms with Crippen molar-refractivity contribution in [2.75, 3.05) is 18.4 Å². The lowest BCUT2D eigenvalue weighted by Crippen LogP contribution is -2.49. The van der Waals surface area contributed by atoms with Gasteiger partial charge in [0.1, 0.15) is 0 Å². The fraction of sp³-hybridized carbons (Fsp3) is 0.500. The molecule has 1 saturated heterocycles. The number of anilines is 1. The van der Waals surface area contributed by atoms with E-state index in [-0.39, 0.29) is 23.9 Å². The molecule has 2 atom stereocenters. The SMILES string of the molecule is Cc1ccc([N+](=O)[O-])cc1NC(=O)N1CC(C)OC(C)C1. The van der Waals surface area contributed by atoms with Crippen molar-refractivity contribution in [3.63, 3.8) is 0 Å². The molecule has 114 valence electrons. The van der Waals surface area contributed by atoms with Gasteiger partial charge in [-0.15, -0.1) is 0 Å². The number of nitro benzene ring substituents is 1. The van der Waals surface area contributed by atoms with Gasteiger partial charge in [-0.1, -0.05) is 6.07 Å². The van der Waals surface area contributed by atoms with Crippen molar-refractivity contribution in [2.24, 2.45) is 0 Å². The van der Waals surface area contributed by atoms with E-state index in [0.29, 0.717) is 18.8 Å². The van der Waals surface area contributed by atoms with Crippen LogP contribution in [-0.4, -0.2) is 41.2 Å². The summed E-state index contributed by atoms with van der Waals surface area (Å²) in [5, 5.41) is 13.5. The van der Waals surface area contributed by atoms with E-state index in [1.165, 1.54) is 12.1 Å². The molecule has 7 nitrogen and oxygen atoms in total. The zero-order chi connectivity index (χ0) is 15.6. The minimum Gasteiger partial charge on any atom is -0.372 e. The van der Waals surface area contributed by atoms with Crippen LogP contribution in [0.5, 0.6) is 0 Å². The molecule has 0 aliphatic carbocycles. The predicted molar refractivity (Wildman–Crippen MR) is 78.4 cm³/mol. The molecule has 1 heterocycles. The molecule has 2 amide bonds. The topological polar surface area (TPSA) is 84.7 Å². The fourth-order valence-corrected chi connectivity index (χ4v) is 2.40. The van der Waals surface area contributed by atoms with Gasteiger partial charge in [-0.05, 0) is 26.3 Å². The first kappa shape index (κ1) is 15.2. The number of non-ortho nitro benzene ring substituents is 1. The van der Waals surface area contributed by atoms with Crippen LogP contribution in [0.25, 0.3) is 0 Å². The summed E-state index contributed by atoms with van der Waals surface area (Å²) in [5.41, 5.74) is 1.20. The minimum absolute atomic E-state index is 0.0225.